The van der Waals surface area contributed by atoms with Gasteiger partial charge < -0.3 is 9.47 Å². The molecule has 4 amide bonds. The Bertz CT molecular complexity index is 1470. The number of halogens is 4. The lowest BCUT2D eigenvalue weighted by Gasteiger charge is -2.27. The Hall–Kier alpha value is -4.31. The summed E-state index contributed by atoms with van der Waals surface area (Å²) in [5.74, 6) is -1.44. The molecule has 3 aromatic rings. The Morgan fingerprint density at radius 3 is 2.45 bits per heavy atom. The number of imide groups is 2. The molecule has 3 aromatic carbocycles. The van der Waals surface area contributed by atoms with Crippen molar-refractivity contribution in [1.82, 2.24) is 5.32 Å². The molecule has 0 spiro atoms. The van der Waals surface area contributed by atoms with Crippen molar-refractivity contribution in [3.05, 3.63) is 93.5 Å². The Balaban J connectivity index is 1.64. The van der Waals surface area contributed by atoms with E-state index in [-0.39, 0.29) is 11.6 Å². The van der Waals surface area contributed by atoms with E-state index >= 15 is 0 Å². The van der Waals surface area contributed by atoms with Crippen LogP contribution in [0, 0.1) is 6.92 Å². The van der Waals surface area contributed by atoms with Gasteiger partial charge in [0.2, 0.25) is 0 Å². The first-order valence-electron chi connectivity index (χ1n) is 11.1. The number of carbonyl (C=O) groups is 3. The quantitative estimate of drug-likeness (QED) is 0.307. The van der Waals surface area contributed by atoms with Crippen molar-refractivity contribution in [2.45, 2.75) is 19.7 Å². The van der Waals surface area contributed by atoms with Crippen LogP contribution in [0.4, 0.5) is 23.7 Å². The number of barbiturate groups is 1. The number of nitrogens with zero attached hydrogens (tertiary/aromatic N) is 1. The van der Waals surface area contributed by atoms with E-state index in [1.54, 1.807) is 12.1 Å². The number of hydrogen-bond donors (Lipinski definition) is 1. The maximum Gasteiger partial charge on any atom is 0.416 e. The van der Waals surface area contributed by atoms with E-state index in [9.17, 15) is 27.6 Å². The molecule has 196 valence electrons. The van der Waals surface area contributed by atoms with E-state index in [0.29, 0.717) is 28.0 Å². The predicted molar refractivity (Wildman–Crippen MR) is 134 cm³/mol. The summed E-state index contributed by atoms with van der Waals surface area (Å²) in [7, 11) is 1.42. The van der Waals surface area contributed by atoms with Crippen LogP contribution < -0.4 is 19.7 Å². The summed E-state index contributed by atoms with van der Waals surface area (Å²) < 4.78 is 50.9. The highest BCUT2D eigenvalue weighted by Crippen LogP contribution is 2.37. The van der Waals surface area contributed by atoms with Gasteiger partial charge in [0.05, 0.1) is 23.4 Å². The lowest BCUT2D eigenvalue weighted by atomic mass is 10.1. The van der Waals surface area contributed by atoms with Crippen LogP contribution in [0.1, 0.15) is 22.3 Å². The average molecular weight is 545 g/mol. The molecule has 38 heavy (non-hydrogen) atoms. The average Bonchev–Trinajstić information content (AvgIpc) is 2.86. The van der Waals surface area contributed by atoms with Gasteiger partial charge in [0.15, 0.2) is 11.5 Å². The summed E-state index contributed by atoms with van der Waals surface area (Å²) in [4.78, 5) is 38.5. The molecule has 1 fully saturated rings. The zero-order valence-electron chi connectivity index (χ0n) is 20.1. The summed E-state index contributed by atoms with van der Waals surface area (Å²) >= 11 is 6.02. The summed E-state index contributed by atoms with van der Waals surface area (Å²) in [6, 6.07) is 13.4. The van der Waals surface area contributed by atoms with Gasteiger partial charge in [-0.05, 0) is 54.5 Å². The van der Waals surface area contributed by atoms with Crippen molar-refractivity contribution in [3.8, 4) is 11.5 Å². The highest BCUT2D eigenvalue weighted by atomic mass is 35.5. The highest BCUT2D eigenvalue weighted by molar-refractivity contribution is 6.42. The van der Waals surface area contributed by atoms with Crippen molar-refractivity contribution >= 4 is 41.2 Å². The summed E-state index contributed by atoms with van der Waals surface area (Å²) in [6.07, 6.45) is -3.56. The number of anilines is 1. The number of alkyl halides is 3. The number of rotatable bonds is 6. The van der Waals surface area contributed by atoms with Crippen LogP contribution in [0.2, 0.25) is 5.02 Å². The number of methoxy groups -OCH3 is 1. The zero-order chi connectivity index (χ0) is 27.6. The van der Waals surface area contributed by atoms with Gasteiger partial charge in [0.1, 0.15) is 12.2 Å². The van der Waals surface area contributed by atoms with E-state index < -0.39 is 40.8 Å². The zero-order valence-corrected chi connectivity index (χ0v) is 20.8. The normalized spacial score (nSPS) is 15.1. The largest absolute Gasteiger partial charge is 0.493 e. The molecule has 1 saturated heterocycles. The molecule has 0 aromatic heterocycles. The molecular weight excluding hydrogens is 525 g/mol. The fourth-order valence-electron chi connectivity index (χ4n) is 3.76. The van der Waals surface area contributed by atoms with Gasteiger partial charge in [-0.15, -0.1) is 0 Å². The fourth-order valence-corrected chi connectivity index (χ4v) is 3.96. The number of benzene rings is 3. The molecule has 0 atom stereocenters. The van der Waals surface area contributed by atoms with Crippen LogP contribution in [-0.4, -0.2) is 25.0 Å². The van der Waals surface area contributed by atoms with Crippen molar-refractivity contribution in [2.75, 3.05) is 12.0 Å². The van der Waals surface area contributed by atoms with Gasteiger partial charge in [0.25, 0.3) is 11.8 Å². The lowest BCUT2D eigenvalue weighted by Crippen LogP contribution is -2.54. The third-order valence-electron chi connectivity index (χ3n) is 5.59. The second-order valence-electron chi connectivity index (χ2n) is 8.31. The summed E-state index contributed by atoms with van der Waals surface area (Å²) in [6.45, 7) is 2.24. The maximum atomic E-state index is 13.2. The molecule has 0 saturated carbocycles. The first kappa shape index (κ1) is 26.7. The van der Waals surface area contributed by atoms with Gasteiger partial charge in [-0.1, -0.05) is 47.5 Å². The Morgan fingerprint density at radius 2 is 1.76 bits per heavy atom. The van der Waals surface area contributed by atoms with Crippen molar-refractivity contribution in [2.24, 2.45) is 0 Å². The van der Waals surface area contributed by atoms with Crippen LogP contribution in [0.25, 0.3) is 6.08 Å². The third kappa shape index (κ3) is 5.65. The van der Waals surface area contributed by atoms with E-state index in [1.807, 2.05) is 36.5 Å². The molecule has 0 unspecified atom stereocenters. The number of carbonyl (C=O) groups excluding carboxylic acids is 3. The number of nitrogens with one attached hydrogen (secondary N) is 1. The van der Waals surface area contributed by atoms with Crippen LogP contribution in [0.3, 0.4) is 0 Å². The minimum Gasteiger partial charge on any atom is -0.493 e. The molecule has 1 heterocycles. The van der Waals surface area contributed by atoms with Crippen molar-refractivity contribution in [3.63, 3.8) is 0 Å². The molecule has 0 aliphatic carbocycles. The molecule has 11 heteroatoms. The van der Waals surface area contributed by atoms with Gasteiger partial charge in [0, 0.05) is 0 Å². The summed E-state index contributed by atoms with van der Waals surface area (Å²) in [5.41, 5.74) is 0.238. The second-order valence-corrected chi connectivity index (χ2v) is 8.72. The Morgan fingerprint density at radius 1 is 1.00 bits per heavy atom. The first-order valence-corrected chi connectivity index (χ1v) is 11.5. The predicted octanol–water partition coefficient (Wildman–Crippen LogP) is 5.92. The molecular formula is C27H20ClF3N2O5. The van der Waals surface area contributed by atoms with Gasteiger partial charge in [-0.25, -0.2) is 9.69 Å². The van der Waals surface area contributed by atoms with E-state index in [2.05, 4.69) is 0 Å². The summed E-state index contributed by atoms with van der Waals surface area (Å²) in [5, 5.41) is 1.67. The van der Waals surface area contributed by atoms with Crippen LogP contribution in [-0.2, 0) is 22.4 Å². The second kappa shape index (κ2) is 10.6. The van der Waals surface area contributed by atoms with Crippen molar-refractivity contribution in [1.29, 1.82) is 0 Å². The SMILES string of the molecule is COc1cc(/C=C2/C(=O)NC(=O)N(c3cc(C(F)(F)F)ccc3Cl)C2=O)ccc1OCc1cccc(C)c1. The minimum absolute atomic E-state index is 0.272. The number of amides is 4. The monoisotopic (exact) mass is 544 g/mol. The number of hydrogen-bond acceptors (Lipinski definition) is 5. The molecule has 1 N–H and O–H groups in total. The van der Waals surface area contributed by atoms with E-state index in [4.69, 9.17) is 21.1 Å². The van der Waals surface area contributed by atoms with Crippen molar-refractivity contribution < 1.29 is 37.0 Å². The van der Waals surface area contributed by atoms with E-state index in [1.165, 1.54) is 19.3 Å². The number of ether oxygens (including phenoxy) is 2. The number of aryl methyl sites for hydroxylation is 1. The highest BCUT2D eigenvalue weighted by Gasteiger charge is 2.39. The Kier molecular flexibility index (Phi) is 7.45. The van der Waals surface area contributed by atoms with Crippen LogP contribution >= 0.6 is 11.6 Å². The molecule has 1 aliphatic heterocycles. The van der Waals surface area contributed by atoms with E-state index in [0.717, 1.165) is 23.3 Å². The molecule has 0 bridgehead atoms. The third-order valence-corrected chi connectivity index (χ3v) is 5.91. The minimum atomic E-state index is -4.75. The molecule has 1 aliphatic rings. The molecule has 0 radical (unpaired) electrons. The smallest absolute Gasteiger partial charge is 0.416 e. The maximum absolute atomic E-state index is 13.2. The number of urea groups is 1. The topological polar surface area (TPSA) is 84.9 Å². The van der Waals surface area contributed by atoms with Gasteiger partial charge >= 0.3 is 12.2 Å². The fraction of sp³-hybridized carbons (Fsp3) is 0.148. The molecule has 7 nitrogen and oxygen atoms in total. The van der Waals surface area contributed by atoms with Gasteiger partial charge in [-0.3, -0.25) is 14.9 Å². The van der Waals surface area contributed by atoms with Crippen LogP contribution in [0.15, 0.2) is 66.2 Å². The van der Waals surface area contributed by atoms with Gasteiger partial charge in [-0.2, -0.15) is 13.2 Å². The first-order chi connectivity index (χ1) is 18.0. The standard InChI is InChI=1S/C27H20ClF3N2O5/c1-15-4-3-5-17(10-15)14-38-22-9-6-16(12-23(22)37-2)11-19-24(34)32-26(36)33(25(19)35)21-13-18(27(29,30)31)7-8-20(21)28/h3-13H,14H2,1-2H3,(H,32,34,36)/b19-11-. The molecule has 4 rings (SSSR count). The Labute approximate surface area is 220 Å². The van der Waals surface area contributed by atoms with Crippen LogP contribution in [0.5, 0.6) is 11.5 Å². The lowest BCUT2D eigenvalue weighted by molar-refractivity contribution is -0.137.